The zero-order valence-corrected chi connectivity index (χ0v) is 14.4. The summed E-state index contributed by atoms with van der Waals surface area (Å²) in [6, 6.07) is 2.09. The third-order valence-corrected chi connectivity index (χ3v) is 4.95. The van der Waals surface area contributed by atoms with E-state index in [9.17, 15) is 4.39 Å². The quantitative estimate of drug-likeness (QED) is 0.802. The Bertz CT molecular complexity index is 708. The zero-order chi connectivity index (χ0) is 17.2. The van der Waals surface area contributed by atoms with Crippen molar-refractivity contribution in [2.24, 2.45) is 0 Å². The fourth-order valence-electron chi connectivity index (χ4n) is 3.48. The molecular weight excluding hydrogens is 319 g/mol. The molecule has 4 rings (SSSR count). The Morgan fingerprint density at radius 3 is 2.84 bits per heavy atom. The molecule has 25 heavy (non-hydrogen) atoms. The van der Waals surface area contributed by atoms with Crippen molar-refractivity contribution >= 4 is 5.82 Å². The van der Waals surface area contributed by atoms with Gasteiger partial charge in [0.2, 0.25) is 0 Å². The predicted octanol–water partition coefficient (Wildman–Crippen LogP) is 2.19. The third-order valence-electron chi connectivity index (χ3n) is 4.95. The van der Waals surface area contributed by atoms with Gasteiger partial charge < -0.3 is 4.90 Å². The van der Waals surface area contributed by atoms with E-state index in [1.165, 1.54) is 19.2 Å². The maximum absolute atomic E-state index is 14.0. The molecule has 1 saturated heterocycles. The number of hydrogen-bond acceptors (Lipinski definition) is 6. The third kappa shape index (κ3) is 3.92. The molecule has 1 saturated carbocycles. The molecule has 2 aromatic heterocycles. The van der Waals surface area contributed by atoms with Gasteiger partial charge in [0.25, 0.3) is 0 Å². The number of anilines is 1. The van der Waals surface area contributed by atoms with Crippen molar-refractivity contribution in [1.29, 1.82) is 0 Å². The predicted molar refractivity (Wildman–Crippen MR) is 93.0 cm³/mol. The second-order valence-electron chi connectivity index (χ2n) is 7.09. The Labute approximate surface area is 147 Å². The van der Waals surface area contributed by atoms with Gasteiger partial charge in [-0.2, -0.15) is 0 Å². The standard InChI is InChI=1S/C18H23FN6/c1-24(17-4-5-22-18(23-17)14-2-3-14)11-16-6-15(19)10-25(16)9-13-7-20-12-21-8-13/h4-5,7-8,12,14-16H,2-3,6,9-11H2,1H3/t15-,16-/m0/s1. The summed E-state index contributed by atoms with van der Waals surface area (Å²) in [5.74, 6) is 2.39. The summed E-state index contributed by atoms with van der Waals surface area (Å²) >= 11 is 0. The van der Waals surface area contributed by atoms with Crippen molar-refractivity contribution in [1.82, 2.24) is 24.8 Å². The first-order valence-electron chi connectivity index (χ1n) is 8.85. The van der Waals surface area contributed by atoms with E-state index in [1.807, 2.05) is 19.3 Å². The van der Waals surface area contributed by atoms with E-state index < -0.39 is 6.17 Å². The second-order valence-corrected chi connectivity index (χ2v) is 7.09. The molecule has 0 bridgehead atoms. The summed E-state index contributed by atoms with van der Waals surface area (Å²) < 4.78 is 14.0. The van der Waals surface area contributed by atoms with Crippen LogP contribution in [0.5, 0.6) is 0 Å². The molecule has 2 aromatic rings. The molecule has 3 heterocycles. The van der Waals surface area contributed by atoms with Crippen LogP contribution in [-0.2, 0) is 6.54 Å². The average Bonchev–Trinajstić information content (AvgIpc) is 3.42. The van der Waals surface area contributed by atoms with Crippen molar-refractivity contribution in [3.63, 3.8) is 0 Å². The molecular formula is C18H23FN6. The topological polar surface area (TPSA) is 58.0 Å². The van der Waals surface area contributed by atoms with Gasteiger partial charge in [-0.1, -0.05) is 0 Å². The Balaban J connectivity index is 1.43. The van der Waals surface area contributed by atoms with Crippen molar-refractivity contribution in [2.75, 3.05) is 25.0 Å². The fraction of sp³-hybridized carbons (Fsp3) is 0.556. The number of halogens is 1. The van der Waals surface area contributed by atoms with Crippen molar-refractivity contribution in [3.05, 3.63) is 42.4 Å². The van der Waals surface area contributed by atoms with E-state index in [-0.39, 0.29) is 6.04 Å². The molecule has 6 nitrogen and oxygen atoms in total. The van der Waals surface area contributed by atoms with E-state index in [4.69, 9.17) is 0 Å². The van der Waals surface area contributed by atoms with Crippen LogP contribution in [0.3, 0.4) is 0 Å². The number of alkyl halides is 1. The molecule has 132 valence electrons. The molecule has 1 aliphatic heterocycles. The monoisotopic (exact) mass is 342 g/mol. The van der Waals surface area contributed by atoms with Crippen molar-refractivity contribution in [2.45, 2.75) is 43.9 Å². The Kier molecular flexibility index (Phi) is 4.57. The van der Waals surface area contributed by atoms with Gasteiger partial charge in [-0.3, -0.25) is 4.90 Å². The van der Waals surface area contributed by atoms with Crippen LogP contribution >= 0.6 is 0 Å². The highest BCUT2D eigenvalue weighted by molar-refractivity contribution is 5.37. The van der Waals surface area contributed by atoms with Crippen molar-refractivity contribution < 1.29 is 4.39 Å². The summed E-state index contributed by atoms with van der Waals surface area (Å²) in [5.41, 5.74) is 1.02. The highest BCUT2D eigenvalue weighted by Crippen LogP contribution is 2.38. The van der Waals surface area contributed by atoms with Gasteiger partial charge in [0.1, 0.15) is 24.1 Å². The van der Waals surface area contributed by atoms with Gasteiger partial charge >= 0.3 is 0 Å². The minimum Gasteiger partial charge on any atom is -0.358 e. The van der Waals surface area contributed by atoms with E-state index >= 15 is 0 Å². The number of likely N-dealkylation sites (N-methyl/N-ethyl adjacent to an activating group) is 1. The van der Waals surface area contributed by atoms with Crippen LogP contribution in [0.4, 0.5) is 10.2 Å². The first-order chi connectivity index (χ1) is 12.2. The lowest BCUT2D eigenvalue weighted by Gasteiger charge is -2.29. The zero-order valence-electron chi connectivity index (χ0n) is 14.4. The van der Waals surface area contributed by atoms with Crippen LogP contribution in [0.25, 0.3) is 0 Å². The van der Waals surface area contributed by atoms with Gasteiger partial charge in [-0.05, 0) is 25.3 Å². The number of likely N-dealkylation sites (tertiary alicyclic amines) is 1. The molecule has 7 heteroatoms. The maximum Gasteiger partial charge on any atom is 0.133 e. The molecule has 0 aromatic carbocycles. The molecule has 0 radical (unpaired) electrons. The fourth-order valence-corrected chi connectivity index (χ4v) is 3.48. The summed E-state index contributed by atoms with van der Waals surface area (Å²) in [6.07, 6.45) is 9.09. The minimum absolute atomic E-state index is 0.152. The van der Waals surface area contributed by atoms with Gasteiger partial charge in [0.05, 0.1) is 0 Å². The highest BCUT2D eigenvalue weighted by atomic mass is 19.1. The molecule has 2 fully saturated rings. The minimum atomic E-state index is -0.782. The first kappa shape index (κ1) is 16.3. The van der Waals surface area contributed by atoms with Crippen LogP contribution in [0, 0.1) is 0 Å². The molecule has 0 N–H and O–H groups in total. The number of aromatic nitrogens is 4. The van der Waals surface area contributed by atoms with E-state index in [0.717, 1.165) is 23.8 Å². The first-order valence-corrected chi connectivity index (χ1v) is 8.85. The second kappa shape index (κ2) is 7.00. The molecule has 2 aliphatic rings. The largest absolute Gasteiger partial charge is 0.358 e. The van der Waals surface area contributed by atoms with Gasteiger partial charge in [0.15, 0.2) is 0 Å². The molecule has 0 spiro atoms. The average molecular weight is 342 g/mol. The SMILES string of the molecule is CN(C[C@@H]1C[C@H](F)CN1Cc1cncnc1)c1ccnc(C2CC2)n1. The summed E-state index contributed by atoms with van der Waals surface area (Å²) in [7, 11) is 2.02. The van der Waals surface area contributed by atoms with E-state index in [1.54, 1.807) is 12.4 Å². The van der Waals surface area contributed by atoms with Crippen LogP contribution in [0.2, 0.25) is 0 Å². The van der Waals surface area contributed by atoms with Crippen LogP contribution in [0.1, 0.15) is 36.6 Å². The normalized spacial score (nSPS) is 23.8. The smallest absolute Gasteiger partial charge is 0.133 e. The molecule has 0 amide bonds. The number of nitrogens with zero attached hydrogens (tertiary/aromatic N) is 6. The van der Waals surface area contributed by atoms with Gasteiger partial charge in [-0.15, -0.1) is 0 Å². The molecule has 2 atom stereocenters. The van der Waals surface area contributed by atoms with E-state index in [0.29, 0.717) is 25.4 Å². The Morgan fingerprint density at radius 2 is 2.08 bits per heavy atom. The van der Waals surface area contributed by atoms with Gasteiger partial charge in [0, 0.05) is 62.8 Å². The Morgan fingerprint density at radius 1 is 1.28 bits per heavy atom. The van der Waals surface area contributed by atoms with Crippen molar-refractivity contribution in [3.8, 4) is 0 Å². The lowest BCUT2D eigenvalue weighted by Crippen LogP contribution is -2.39. The van der Waals surface area contributed by atoms with Crippen LogP contribution in [0.15, 0.2) is 31.0 Å². The van der Waals surface area contributed by atoms with E-state index in [2.05, 4.69) is 29.7 Å². The summed E-state index contributed by atoms with van der Waals surface area (Å²) in [5, 5.41) is 0. The lowest BCUT2D eigenvalue weighted by molar-refractivity contribution is 0.236. The highest BCUT2D eigenvalue weighted by Gasteiger charge is 2.33. The number of rotatable bonds is 6. The Hall–Kier alpha value is -2.15. The maximum atomic E-state index is 14.0. The summed E-state index contributed by atoms with van der Waals surface area (Å²) in [4.78, 5) is 21.5. The van der Waals surface area contributed by atoms with Gasteiger partial charge in [-0.25, -0.2) is 24.3 Å². The number of hydrogen-bond donors (Lipinski definition) is 0. The van der Waals surface area contributed by atoms with Crippen LogP contribution in [-0.4, -0.2) is 57.2 Å². The molecule has 0 unspecified atom stereocenters. The lowest BCUT2D eigenvalue weighted by atomic mass is 10.2. The van der Waals surface area contributed by atoms with Crippen LogP contribution < -0.4 is 4.90 Å². The molecule has 1 aliphatic carbocycles. The summed E-state index contributed by atoms with van der Waals surface area (Å²) in [6.45, 7) is 1.89.